The summed E-state index contributed by atoms with van der Waals surface area (Å²) < 4.78 is 16.8. The van der Waals surface area contributed by atoms with Crippen LogP contribution in [0.2, 0.25) is 0 Å². The Hall–Kier alpha value is -4.97. The maximum absolute atomic E-state index is 12.9. The molecule has 0 fully saturated rings. The standard InChI is InChI=1S/C72H114O6/c1-4-7-10-13-16-19-22-25-28-29-30-31-32-33-34-35-36-37-38-39-40-41-42-43-45-47-50-53-56-59-62-65-71(74)77-68-69(67-76-70(73)64-61-58-55-52-49-46-27-24-21-18-15-12-9-6-3)78-72(75)66-63-60-57-54-51-48-44-26-23-20-17-14-11-8-5-2/h7-8,10-11,15-20,24-28,30-31,33-34,36-37,39-40,44,51,54,69H,4-6,9,12-14,21-23,29,32,35,38,41-43,45-50,52-53,55-68H2,1-3H3/b10-7-,11-8-,18-15-,19-16-,20-17-,27-24-,28-25-,31-30-,34-33-,37-36-,40-39-,44-26-,54-51-. The molecule has 0 rings (SSSR count). The van der Waals surface area contributed by atoms with E-state index in [0.717, 1.165) is 154 Å². The van der Waals surface area contributed by atoms with Crippen molar-refractivity contribution in [1.82, 2.24) is 0 Å². The number of carbonyl (C=O) groups is 3. The first kappa shape index (κ1) is 73.0. The minimum absolute atomic E-state index is 0.108. The molecular formula is C72H114O6. The molecule has 6 nitrogen and oxygen atoms in total. The van der Waals surface area contributed by atoms with Crippen LogP contribution in [0.5, 0.6) is 0 Å². The summed E-state index contributed by atoms with van der Waals surface area (Å²) in [5, 5.41) is 0. The largest absolute Gasteiger partial charge is 0.462 e. The van der Waals surface area contributed by atoms with E-state index in [1.165, 1.54) is 57.8 Å². The Balaban J connectivity index is 4.35. The Kier molecular flexibility index (Phi) is 60.4. The first-order valence-corrected chi connectivity index (χ1v) is 31.5. The van der Waals surface area contributed by atoms with E-state index in [-0.39, 0.29) is 37.5 Å². The molecule has 0 aliphatic heterocycles. The van der Waals surface area contributed by atoms with Gasteiger partial charge in [0.05, 0.1) is 0 Å². The molecule has 0 saturated carbocycles. The second-order valence-electron chi connectivity index (χ2n) is 20.2. The van der Waals surface area contributed by atoms with Gasteiger partial charge in [0.1, 0.15) is 13.2 Å². The van der Waals surface area contributed by atoms with Gasteiger partial charge in [0.15, 0.2) is 6.10 Å². The van der Waals surface area contributed by atoms with Crippen molar-refractivity contribution in [3.63, 3.8) is 0 Å². The summed E-state index contributed by atoms with van der Waals surface area (Å²) in [6.07, 6.45) is 93.9. The molecule has 0 amide bonds. The van der Waals surface area contributed by atoms with Gasteiger partial charge in [0.2, 0.25) is 0 Å². The summed E-state index contributed by atoms with van der Waals surface area (Å²) in [6.45, 7) is 6.31. The third-order valence-electron chi connectivity index (χ3n) is 12.7. The second kappa shape index (κ2) is 64.6. The van der Waals surface area contributed by atoms with Gasteiger partial charge in [-0.25, -0.2) is 0 Å². The van der Waals surface area contributed by atoms with Gasteiger partial charge in [-0.3, -0.25) is 14.4 Å². The predicted octanol–water partition coefficient (Wildman–Crippen LogP) is 21.7. The molecule has 0 saturated heterocycles. The molecule has 0 aromatic rings. The van der Waals surface area contributed by atoms with Crippen LogP contribution in [0.25, 0.3) is 0 Å². The number of rotatable bonds is 55. The number of esters is 3. The zero-order valence-electron chi connectivity index (χ0n) is 50.1. The zero-order chi connectivity index (χ0) is 56.4. The lowest BCUT2D eigenvalue weighted by atomic mass is 10.1. The third-order valence-corrected chi connectivity index (χ3v) is 12.7. The smallest absolute Gasteiger partial charge is 0.306 e. The molecule has 0 N–H and O–H groups in total. The Morgan fingerprint density at radius 2 is 0.500 bits per heavy atom. The lowest BCUT2D eigenvalue weighted by Crippen LogP contribution is -2.30. The molecule has 0 aromatic carbocycles. The maximum atomic E-state index is 12.9. The molecule has 0 aromatic heterocycles. The third kappa shape index (κ3) is 61.9. The van der Waals surface area contributed by atoms with Crippen molar-refractivity contribution in [2.45, 2.75) is 264 Å². The first-order chi connectivity index (χ1) is 38.5. The van der Waals surface area contributed by atoms with Crippen molar-refractivity contribution in [1.29, 1.82) is 0 Å². The quantitative estimate of drug-likeness (QED) is 0.0261. The summed E-state index contributed by atoms with van der Waals surface area (Å²) in [5.41, 5.74) is 0. The number of carbonyl (C=O) groups excluding carboxylic acids is 3. The maximum Gasteiger partial charge on any atom is 0.306 e. The molecule has 0 heterocycles. The van der Waals surface area contributed by atoms with Crippen molar-refractivity contribution < 1.29 is 28.6 Å². The van der Waals surface area contributed by atoms with Crippen molar-refractivity contribution in [3.05, 3.63) is 158 Å². The van der Waals surface area contributed by atoms with E-state index in [0.29, 0.717) is 19.3 Å². The summed E-state index contributed by atoms with van der Waals surface area (Å²) in [5.74, 6) is -0.975. The number of hydrogen-bond acceptors (Lipinski definition) is 6. The second-order valence-corrected chi connectivity index (χ2v) is 20.2. The van der Waals surface area contributed by atoms with E-state index in [1.807, 2.05) is 0 Å². The van der Waals surface area contributed by atoms with Crippen LogP contribution >= 0.6 is 0 Å². The minimum atomic E-state index is -0.816. The summed E-state index contributed by atoms with van der Waals surface area (Å²) >= 11 is 0. The molecule has 6 heteroatoms. The van der Waals surface area contributed by atoms with Gasteiger partial charge >= 0.3 is 17.9 Å². The predicted molar refractivity (Wildman–Crippen MR) is 338 cm³/mol. The van der Waals surface area contributed by atoms with Crippen LogP contribution in [0, 0.1) is 0 Å². The van der Waals surface area contributed by atoms with E-state index in [9.17, 15) is 14.4 Å². The van der Waals surface area contributed by atoms with Gasteiger partial charge in [-0.05, 0) is 141 Å². The molecule has 0 aliphatic rings. The lowest BCUT2D eigenvalue weighted by molar-refractivity contribution is -0.167. The molecule has 0 aliphatic carbocycles. The van der Waals surface area contributed by atoms with Crippen molar-refractivity contribution >= 4 is 17.9 Å². The number of ether oxygens (including phenoxy) is 3. The average molecular weight is 1080 g/mol. The summed E-state index contributed by atoms with van der Waals surface area (Å²) in [6, 6.07) is 0. The fourth-order valence-corrected chi connectivity index (χ4v) is 8.08. The molecule has 0 spiro atoms. The van der Waals surface area contributed by atoms with Crippen molar-refractivity contribution in [2.24, 2.45) is 0 Å². The average Bonchev–Trinajstić information content (AvgIpc) is 3.44. The lowest BCUT2D eigenvalue weighted by Gasteiger charge is -2.18. The van der Waals surface area contributed by atoms with Gasteiger partial charge in [-0.1, -0.05) is 256 Å². The number of unbranched alkanes of at least 4 members (excludes halogenated alkanes) is 18. The highest BCUT2D eigenvalue weighted by Gasteiger charge is 2.19. The normalized spacial score (nSPS) is 13.2. The SMILES string of the molecule is CC/C=C\C/C=C\C/C=C\C/C=C\C/C=C\C/C=C\C/C=C\CCCCCCCCCCCC(=O)OCC(COC(=O)CCCCCCC/C=C\C/C=C\CCCC)OC(=O)CCCC/C=C\C/C=C\C/C=C\C/C=C\CC. The van der Waals surface area contributed by atoms with E-state index in [4.69, 9.17) is 14.2 Å². The molecule has 0 bridgehead atoms. The highest BCUT2D eigenvalue weighted by atomic mass is 16.6. The monoisotopic (exact) mass is 1070 g/mol. The molecule has 0 radical (unpaired) electrons. The highest BCUT2D eigenvalue weighted by Crippen LogP contribution is 2.14. The van der Waals surface area contributed by atoms with Crippen LogP contribution in [0.1, 0.15) is 258 Å². The van der Waals surface area contributed by atoms with Gasteiger partial charge in [0, 0.05) is 19.3 Å². The Morgan fingerprint density at radius 3 is 0.808 bits per heavy atom. The van der Waals surface area contributed by atoms with E-state index < -0.39 is 6.10 Å². The molecular weight excluding hydrogens is 961 g/mol. The van der Waals surface area contributed by atoms with Gasteiger partial charge in [-0.2, -0.15) is 0 Å². The van der Waals surface area contributed by atoms with E-state index in [1.54, 1.807) is 0 Å². The fraction of sp³-hybridized carbons (Fsp3) is 0.597. The van der Waals surface area contributed by atoms with Crippen molar-refractivity contribution in [3.8, 4) is 0 Å². The first-order valence-electron chi connectivity index (χ1n) is 31.5. The highest BCUT2D eigenvalue weighted by molar-refractivity contribution is 5.71. The minimum Gasteiger partial charge on any atom is -0.462 e. The van der Waals surface area contributed by atoms with Crippen LogP contribution in [-0.2, 0) is 28.6 Å². The Bertz CT molecular complexity index is 1760. The molecule has 78 heavy (non-hydrogen) atoms. The molecule has 438 valence electrons. The topological polar surface area (TPSA) is 78.9 Å². The van der Waals surface area contributed by atoms with Gasteiger partial charge in [-0.15, -0.1) is 0 Å². The summed E-state index contributed by atoms with van der Waals surface area (Å²) in [7, 11) is 0. The van der Waals surface area contributed by atoms with E-state index >= 15 is 0 Å². The molecule has 1 atom stereocenters. The Morgan fingerprint density at radius 1 is 0.269 bits per heavy atom. The zero-order valence-corrected chi connectivity index (χ0v) is 50.1. The van der Waals surface area contributed by atoms with Crippen LogP contribution in [0.15, 0.2) is 158 Å². The number of hydrogen-bond donors (Lipinski definition) is 0. The van der Waals surface area contributed by atoms with Crippen LogP contribution in [0.4, 0.5) is 0 Å². The Labute approximate surface area is 480 Å². The van der Waals surface area contributed by atoms with Gasteiger partial charge < -0.3 is 14.2 Å². The van der Waals surface area contributed by atoms with Gasteiger partial charge in [0.25, 0.3) is 0 Å². The fourth-order valence-electron chi connectivity index (χ4n) is 8.08. The van der Waals surface area contributed by atoms with E-state index in [2.05, 4.69) is 179 Å². The number of allylic oxidation sites excluding steroid dienone is 26. The van der Waals surface area contributed by atoms with Crippen LogP contribution in [0.3, 0.4) is 0 Å². The van der Waals surface area contributed by atoms with Crippen LogP contribution in [-0.4, -0.2) is 37.2 Å². The molecule has 1 unspecified atom stereocenters. The van der Waals surface area contributed by atoms with Crippen molar-refractivity contribution in [2.75, 3.05) is 13.2 Å². The summed E-state index contributed by atoms with van der Waals surface area (Å²) in [4.78, 5) is 38.2. The van der Waals surface area contributed by atoms with Crippen LogP contribution < -0.4 is 0 Å².